The molecule has 1 aliphatic carbocycles. The number of anilines is 2. The summed E-state index contributed by atoms with van der Waals surface area (Å²) < 4.78 is 10.6. The van der Waals surface area contributed by atoms with Crippen molar-refractivity contribution in [2.75, 3.05) is 31.0 Å². The summed E-state index contributed by atoms with van der Waals surface area (Å²) in [6.07, 6.45) is 2.16. The lowest BCUT2D eigenvalue weighted by Gasteiger charge is -2.20. The average Bonchev–Trinajstić information content (AvgIpc) is 3.51. The Kier molecular flexibility index (Phi) is 5.79. The Morgan fingerprint density at radius 2 is 1.77 bits per heavy atom. The first-order valence-electron chi connectivity index (χ1n) is 10.2. The van der Waals surface area contributed by atoms with Crippen LogP contribution in [0, 0.1) is 5.92 Å². The number of hydrogen-bond acceptors (Lipinski definition) is 5. The van der Waals surface area contributed by atoms with Crippen LogP contribution < -0.4 is 25.0 Å². The van der Waals surface area contributed by atoms with Gasteiger partial charge in [-0.1, -0.05) is 0 Å². The molecule has 1 saturated heterocycles. The van der Waals surface area contributed by atoms with Gasteiger partial charge < -0.3 is 25.0 Å². The highest BCUT2D eigenvalue weighted by Gasteiger charge is 2.36. The molecule has 1 unspecified atom stereocenters. The summed E-state index contributed by atoms with van der Waals surface area (Å²) in [6, 6.07) is 12.2. The van der Waals surface area contributed by atoms with Gasteiger partial charge in [-0.25, -0.2) is 0 Å². The number of nitrogens with one attached hydrogen (secondary N) is 2. The van der Waals surface area contributed by atoms with Crippen LogP contribution in [0.3, 0.4) is 0 Å². The minimum Gasteiger partial charge on any atom is -0.497 e. The highest BCUT2D eigenvalue weighted by Crippen LogP contribution is 2.36. The first-order chi connectivity index (χ1) is 15.0. The molecule has 2 aliphatic rings. The van der Waals surface area contributed by atoms with Gasteiger partial charge in [0.05, 0.1) is 25.8 Å². The van der Waals surface area contributed by atoms with E-state index in [2.05, 4.69) is 10.6 Å². The van der Waals surface area contributed by atoms with Crippen LogP contribution in [0.15, 0.2) is 42.5 Å². The number of rotatable bonds is 7. The Labute approximate surface area is 180 Å². The molecule has 1 aliphatic heterocycles. The minimum absolute atomic E-state index is 0.105. The summed E-state index contributed by atoms with van der Waals surface area (Å²) in [6.45, 7) is 0.246. The first kappa shape index (κ1) is 20.7. The molecule has 0 bridgehead atoms. The number of amides is 3. The van der Waals surface area contributed by atoms with E-state index in [1.807, 2.05) is 0 Å². The molecule has 0 radical (unpaired) electrons. The maximum absolute atomic E-state index is 12.8. The molecular formula is C23H25N3O5. The minimum atomic E-state index is -0.499. The van der Waals surface area contributed by atoms with E-state index >= 15 is 0 Å². The molecule has 31 heavy (non-hydrogen) atoms. The number of nitrogens with zero attached hydrogens (tertiary/aromatic N) is 1. The van der Waals surface area contributed by atoms with Crippen molar-refractivity contribution in [3.8, 4) is 11.5 Å². The largest absolute Gasteiger partial charge is 0.497 e. The third-order valence-electron chi connectivity index (χ3n) is 5.50. The van der Waals surface area contributed by atoms with Gasteiger partial charge >= 0.3 is 0 Å². The summed E-state index contributed by atoms with van der Waals surface area (Å²) >= 11 is 0. The zero-order valence-corrected chi connectivity index (χ0v) is 17.5. The van der Waals surface area contributed by atoms with E-state index in [9.17, 15) is 14.4 Å². The summed E-state index contributed by atoms with van der Waals surface area (Å²) in [5.41, 5.74) is 1.71. The zero-order chi connectivity index (χ0) is 22.0. The molecule has 1 saturated carbocycles. The molecule has 2 N–H and O–H groups in total. The highest BCUT2D eigenvalue weighted by atomic mass is 16.5. The van der Waals surface area contributed by atoms with E-state index in [0.29, 0.717) is 28.4 Å². The van der Waals surface area contributed by atoms with Crippen LogP contribution in [-0.4, -0.2) is 44.5 Å². The lowest BCUT2D eigenvalue weighted by atomic mass is 10.1. The normalized spacial score (nSPS) is 17.9. The third-order valence-corrected chi connectivity index (χ3v) is 5.50. The van der Waals surface area contributed by atoms with Gasteiger partial charge in [0.25, 0.3) is 5.91 Å². The maximum atomic E-state index is 12.8. The molecule has 3 amide bonds. The van der Waals surface area contributed by atoms with Crippen LogP contribution in [0.2, 0.25) is 0 Å². The summed E-state index contributed by atoms with van der Waals surface area (Å²) in [5, 5.41) is 5.77. The monoisotopic (exact) mass is 423 g/mol. The zero-order valence-electron chi connectivity index (χ0n) is 17.5. The Bertz CT molecular complexity index is 1000. The number of ether oxygens (including phenoxy) is 2. The predicted octanol–water partition coefficient (Wildman–Crippen LogP) is 2.59. The van der Waals surface area contributed by atoms with E-state index in [-0.39, 0.29) is 36.7 Å². The van der Waals surface area contributed by atoms with E-state index in [4.69, 9.17) is 9.47 Å². The van der Waals surface area contributed by atoms with Crippen LogP contribution in [0.1, 0.15) is 29.6 Å². The molecule has 1 atom stereocenters. The van der Waals surface area contributed by atoms with Gasteiger partial charge in [-0.2, -0.15) is 0 Å². The molecule has 1 heterocycles. The quantitative estimate of drug-likeness (QED) is 0.714. The molecule has 162 valence electrons. The second-order valence-electron chi connectivity index (χ2n) is 7.76. The van der Waals surface area contributed by atoms with Gasteiger partial charge in [0.2, 0.25) is 11.8 Å². The van der Waals surface area contributed by atoms with Crippen molar-refractivity contribution in [2.45, 2.75) is 25.3 Å². The van der Waals surface area contributed by atoms with Gasteiger partial charge in [-0.3, -0.25) is 14.4 Å². The molecule has 0 spiro atoms. The van der Waals surface area contributed by atoms with Crippen LogP contribution in [0.25, 0.3) is 0 Å². The van der Waals surface area contributed by atoms with Gasteiger partial charge in [0.1, 0.15) is 11.5 Å². The second-order valence-corrected chi connectivity index (χ2v) is 7.76. The molecule has 2 aromatic rings. The number of carbonyl (C=O) groups excluding carboxylic acids is 3. The fraction of sp³-hybridized carbons (Fsp3) is 0.348. The smallest absolute Gasteiger partial charge is 0.251 e. The molecule has 0 aromatic heterocycles. The third kappa shape index (κ3) is 4.63. The van der Waals surface area contributed by atoms with E-state index in [1.165, 1.54) is 7.11 Å². The van der Waals surface area contributed by atoms with Gasteiger partial charge in [0, 0.05) is 36.3 Å². The number of hydrogen-bond donors (Lipinski definition) is 2. The van der Waals surface area contributed by atoms with Crippen LogP contribution >= 0.6 is 0 Å². The SMILES string of the molecule is COc1ccc(OC)c(N2CC(C(=O)Nc3ccc(C(=O)NC4CC4)cc3)CC2=O)c1. The average molecular weight is 423 g/mol. The van der Waals surface area contributed by atoms with E-state index in [1.54, 1.807) is 54.5 Å². The van der Waals surface area contributed by atoms with Gasteiger partial charge in [0.15, 0.2) is 0 Å². The van der Waals surface area contributed by atoms with E-state index < -0.39 is 5.92 Å². The molecule has 4 rings (SSSR count). The Hall–Kier alpha value is -3.55. The van der Waals surface area contributed by atoms with E-state index in [0.717, 1.165) is 12.8 Å². The van der Waals surface area contributed by atoms with Crippen LogP contribution in [0.5, 0.6) is 11.5 Å². The molecule has 2 aromatic carbocycles. The highest BCUT2D eigenvalue weighted by molar-refractivity contribution is 6.04. The van der Waals surface area contributed by atoms with Crippen LogP contribution in [0.4, 0.5) is 11.4 Å². The lowest BCUT2D eigenvalue weighted by molar-refractivity contribution is -0.122. The fourth-order valence-corrected chi connectivity index (χ4v) is 3.57. The Balaban J connectivity index is 1.41. The number of benzene rings is 2. The van der Waals surface area contributed by atoms with Gasteiger partial charge in [-0.05, 0) is 49.2 Å². The predicted molar refractivity (Wildman–Crippen MR) is 116 cm³/mol. The van der Waals surface area contributed by atoms with Gasteiger partial charge in [-0.15, -0.1) is 0 Å². The number of methoxy groups -OCH3 is 2. The van der Waals surface area contributed by atoms with Crippen molar-refractivity contribution in [1.82, 2.24) is 5.32 Å². The Morgan fingerprint density at radius 3 is 2.42 bits per heavy atom. The molecule has 8 heteroatoms. The van der Waals surface area contributed by atoms with Crippen molar-refractivity contribution in [3.63, 3.8) is 0 Å². The number of carbonyl (C=O) groups is 3. The summed E-state index contributed by atoms with van der Waals surface area (Å²) in [7, 11) is 3.08. The lowest BCUT2D eigenvalue weighted by Crippen LogP contribution is -2.28. The second kappa shape index (κ2) is 8.67. The van der Waals surface area contributed by atoms with Crippen molar-refractivity contribution in [3.05, 3.63) is 48.0 Å². The topological polar surface area (TPSA) is 97.0 Å². The van der Waals surface area contributed by atoms with Crippen molar-refractivity contribution < 1.29 is 23.9 Å². The van der Waals surface area contributed by atoms with Crippen molar-refractivity contribution >= 4 is 29.1 Å². The van der Waals surface area contributed by atoms with Crippen molar-refractivity contribution in [2.24, 2.45) is 5.92 Å². The molecule has 8 nitrogen and oxygen atoms in total. The summed E-state index contributed by atoms with van der Waals surface area (Å²) in [5.74, 6) is 0.134. The van der Waals surface area contributed by atoms with Crippen molar-refractivity contribution in [1.29, 1.82) is 0 Å². The fourth-order valence-electron chi connectivity index (χ4n) is 3.57. The molecule has 2 fully saturated rings. The Morgan fingerprint density at radius 1 is 1.03 bits per heavy atom. The molecular weight excluding hydrogens is 398 g/mol. The van der Waals surface area contributed by atoms with Crippen LogP contribution in [-0.2, 0) is 9.59 Å². The first-order valence-corrected chi connectivity index (χ1v) is 10.2. The standard InChI is InChI=1S/C23H25N3O5/c1-30-18-9-10-20(31-2)19(12-18)26-13-15(11-21(26)27)23(29)25-16-5-3-14(4-6-16)22(28)24-17-7-8-17/h3-6,9-10,12,15,17H,7-8,11,13H2,1-2H3,(H,24,28)(H,25,29). The maximum Gasteiger partial charge on any atom is 0.251 e. The summed E-state index contributed by atoms with van der Waals surface area (Å²) in [4.78, 5) is 39.0.